The maximum atomic E-state index is 13.4. The van der Waals surface area contributed by atoms with Crippen LogP contribution in [0.25, 0.3) is 27.5 Å². The third-order valence-electron chi connectivity index (χ3n) is 5.39. The van der Waals surface area contributed by atoms with Crippen molar-refractivity contribution in [2.24, 2.45) is 7.05 Å². The fraction of sp³-hybridized carbons (Fsp3) is 0.273. The molecule has 0 fully saturated rings. The number of fused-ring (bicyclic) bond motifs is 3. The Hall–Kier alpha value is -3.19. The van der Waals surface area contributed by atoms with E-state index in [2.05, 4.69) is 10.1 Å². The lowest BCUT2D eigenvalue weighted by molar-refractivity contribution is -0.130. The summed E-state index contributed by atoms with van der Waals surface area (Å²) in [7, 11) is 1.83. The third-order valence-corrected chi connectivity index (χ3v) is 5.63. The summed E-state index contributed by atoms with van der Waals surface area (Å²) >= 11 is 6.21. The summed E-state index contributed by atoms with van der Waals surface area (Å²) in [6.45, 7) is 5.12. The molecule has 0 bridgehead atoms. The van der Waals surface area contributed by atoms with Crippen molar-refractivity contribution in [3.05, 3.63) is 63.8 Å². The number of amides is 1. The van der Waals surface area contributed by atoms with Gasteiger partial charge in [0.2, 0.25) is 5.91 Å². The van der Waals surface area contributed by atoms with Gasteiger partial charge >= 0.3 is 0 Å². The highest BCUT2D eigenvalue weighted by molar-refractivity contribution is 6.31. The zero-order valence-electron chi connectivity index (χ0n) is 17.1. The van der Waals surface area contributed by atoms with Crippen molar-refractivity contribution < 1.29 is 4.79 Å². The van der Waals surface area contributed by atoms with Gasteiger partial charge in [0, 0.05) is 42.1 Å². The second kappa shape index (κ2) is 7.91. The van der Waals surface area contributed by atoms with Crippen molar-refractivity contribution in [2.75, 3.05) is 13.1 Å². The Morgan fingerprint density at radius 3 is 2.63 bits per heavy atom. The first-order valence-electron chi connectivity index (χ1n) is 9.84. The normalized spacial score (nSPS) is 11.3. The van der Waals surface area contributed by atoms with Crippen LogP contribution in [0.1, 0.15) is 19.5 Å². The average Bonchev–Trinajstić information content (AvgIpc) is 3.04. The van der Waals surface area contributed by atoms with Crippen LogP contribution in [0.5, 0.6) is 0 Å². The molecule has 3 aromatic heterocycles. The second-order valence-electron chi connectivity index (χ2n) is 7.06. The van der Waals surface area contributed by atoms with Gasteiger partial charge in [0.25, 0.3) is 5.56 Å². The number of nitrogens with zero attached hydrogens (tertiary/aromatic N) is 5. The number of carbonyl (C=O) groups excluding carboxylic acids is 1. The average molecular weight is 424 g/mol. The Labute approximate surface area is 178 Å². The van der Waals surface area contributed by atoms with E-state index in [-0.39, 0.29) is 17.9 Å². The fourth-order valence-electron chi connectivity index (χ4n) is 3.88. The van der Waals surface area contributed by atoms with Crippen molar-refractivity contribution in [2.45, 2.75) is 20.3 Å². The minimum atomic E-state index is -0.271. The summed E-state index contributed by atoms with van der Waals surface area (Å²) in [5, 5.41) is 6.74. The number of benzene rings is 1. The number of likely N-dealkylation sites (N-methyl/N-ethyl adjacent to an activating group) is 1. The molecule has 0 saturated heterocycles. The highest BCUT2D eigenvalue weighted by Crippen LogP contribution is 2.30. The lowest BCUT2D eigenvalue weighted by Crippen LogP contribution is -2.33. The summed E-state index contributed by atoms with van der Waals surface area (Å²) in [4.78, 5) is 32.2. The first kappa shape index (κ1) is 20.1. The van der Waals surface area contributed by atoms with E-state index in [0.29, 0.717) is 40.4 Å². The van der Waals surface area contributed by atoms with Gasteiger partial charge in [-0.3, -0.25) is 14.6 Å². The Bertz CT molecular complexity index is 1310. The molecular weight excluding hydrogens is 402 g/mol. The molecule has 3 heterocycles. The van der Waals surface area contributed by atoms with Gasteiger partial charge < -0.3 is 9.47 Å². The van der Waals surface area contributed by atoms with Crippen LogP contribution in [0.3, 0.4) is 0 Å². The van der Waals surface area contributed by atoms with Gasteiger partial charge in [-0.2, -0.15) is 9.78 Å². The highest BCUT2D eigenvalue weighted by Gasteiger charge is 2.22. The number of halogens is 1. The molecule has 154 valence electrons. The molecule has 1 amide bonds. The van der Waals surface area contributed by atoms with Crippen LogP contribution in [0.15, 0.2) is 47.5 Å². The van der Waals surface area contributed by atoms with E-state index in [4.69, 9.17) is 11.6 Å². The Kier molecular flexibility index (Phi) is 5.30. The lowest BCUT2D eigenvalue weighted by atomic mass is 10.1. The summed E-state index contributed by atoms with van der Waals surface area (Å²) in [5.41, 5.74) is 2.12. The third kappa shape index (κ3) is 3.25. The molecule has 1 aromatic carbocycles. The Morgan fingerprint density at radius 2 is 1.97 bits per heavy atom. The first-order valence-corrected chi connectivity index (χ1v) is 10.2. The zero-order chi connectivity index (χ0) is 21.4. The largest absolute Gasteiger partial charge is 0.343 e. The second-order valence-corrected chi connectivity index (χ2v) is 7.50. The number of hydrogen-bond acceptors (Lipinski definition) is 4. The molecule has 7 nitrogen and oxygen atoms in total. The van der Waals surface area contributed by atoms with Crippen LogP contribution in [0.4, 0.5) is 0 Å². The van der Waals surface area contributed by atoms with E-state index in [1.54, 1.807) is 35.5 Å². The maximum Gasteiger partial charge on any atom is 0.296 e. The van der Waals surface area contributed by atoms with Crippen molar-refractivity contribution in [1.82, 2.24) is 24.2 Å². The predicted octanol–water partition coefficient (Wildman–Crippen LogP) is 3.34. The predicted molar refractivity (Wildman–Crippen MR) is 118 cm³/mol. The molecule has 4 aromatic rings. The van der Waals surface area contributed by atoms with Crippen LogP contribution in [0.2, 0.25) is 5.02 Å². The number of aryl methyl sites for hydroxylation is 1. The van der Waals surface area contributed by atoms with Crippen molar-refractivity contribution in [3.63, 3.8) is 0 Å². The van der Waals surface area contributed by atoms with Gasteiger partial charge in [0.1, 0.15) is 5.52 Å². The lowest BCUT2D eigenvalue weighted by Gasteiger charge is -2.19. The van der Waals surface area contributed by atoms with Gasteiger partial charge in [0.05, 0.1) is 29.5 Å². The quantitative estimate of drug-likeness (QED) is 0.493. The van der Waals surface area contributed by atoms with E-state index in [1.165, 1.54) is 4.68 Å². The molecule has 30 heavy (non-hydrogen) atoms. The summed E-state index contributed by atoms with van der Waals surface area (Å²) in [6.07, 6.45) is 3.31. The zero-order valence-corrected chi connectivity index (χ0v) is 17.8. The fourth-order valence-corrected chi connectivity index (χ4v) is 4.04. The summed E-state index contributed by atoms with van der Waals surface area (Å²) < 4.78 is 3.14. The number of rotatable bonds is 5. The number of pyridine rings is 1. The van der Waals surface area contributed by atoms with Crippen molar-refractivity contribution in [3.8, 4) is 5.69 Å². The van der Waals surface area contributed by atoms with Crippen molar-refractivity contribution >= 4 is 39.3 Å². The number of hydrogen-bond donors (Lipinski definition) is 0. The number of aromatic nitrogens is 4. The van der Waals surface area contributed by atoms with Gasteiger partial charge in [-0.25, -0.2) is 0 Å². The molecule has 0 N–H and O–H groups in total. The smallest absolute Gasteiger partial charge is 0.296 e. The Balaban J connectivity index is 2.06. The molecule has 0 saturated carbocycles. The van der Waals surface area contributed by atoms with Gasteiger partial charge in [-0.15, -0.1) is 0 Å². The SMILES string of the molecule is CCN(CC)C(=O)Cc1nn(-c2cccnc2)c(=O)c2c1c1ccc(Cl)cc1n2C. The number of carbonyl (C=O) groups is 1. The molecule has 0 aliphatic rings. The van der Waals surface area contributed by atoms with E-state index < -0.39 is 0 Å². The molecular formula is C22H22ClN5O2. The van der Waals surface area contributed by atoms with Crippen LogP contribution in [0, 0.1) is 0 Å². The monoisotopic (exact) mass is 423 g/mol. The van der Waals surface area contributed by atoms with Gasteiger partial charge in [0.15, 0.2) is 0 Å². The van der Waals surface area contributed by atoms with Crippen LogP contribution < -0.4 is 5.56 Å². The van der Waals surface area contributed by atoms with Crippen LogP contribution in [-0.4, -0.2) is 43.2 Å². The molecule has 0 unspecified atom stereocenters. The summed E-state index contributed by atoms with van der Waals surface area (Å²) in [6, 6.07) is 8.99. The van der Waals surface area contributed by atoms with E-state index in [9.17, 15) is 9.59 Å². The molecule has 4 rings (SSSR count). The molecule has 0 atom stereocenters. The van der Waals surface area contributed by atoms with E-state index in [1.807, 2.05) is 37.6 Å². The first-order chi connectivity index (χ1) is 14.5. The molecule has 8 heteroatoms. The van der Waals surface area contributed by atoms with E-state index >= 15 is 0 Å². The van der Waals surface area contributed by atoms with Crippen LogP contribution >= 0.6 is 11.6 Å². The van der Waals surface area contributed by atoms with Crippen molar-refractivity contribution in [1.29, 1.82) is 0 Å². The van der Waals surface area contributed by atoms with Gasteiger partial charge in [-0.05, 0) is 38.1 Å². The molecule has 0 spiro atoms. The molecule has 0 aliphatic carbocycles. The minimum Gasteiger partial charge on any atom is -0.343 e. The standard InChI is InChI=1S/C22H22ClN5O2/c1-4-27(5-2)19(29)12-17-20-16-9-8-14(23)11-18(16)26(3)21(20)22(30)28(25-17)15-7-6-10-24-13-15/h6-11,13H,4-5,12H2,1-3H3. The minimum absolute atomic E-state index is 0.0313. The van der Waals surface area contributed by atoms with E-state index in [0.717, 1.165) is 10.9 Å². The topological polar surface area (TPSA) is 73.0 Å². The van der Waals surface area contributed by atoms with Gasteiger partial charge in [-0.1, -0.05) is 17.7 Å². The molecule has 0 radical (unpaired) electrons. The molecule has 0 aliphatic heterocycles. The summed E-state index contributed by atoms with van der Waals surface area (Å²) in [5.74, 6) is -0.0313. The highest BCUT2D eigenvalue weighted by atomic mass is 35.5. The Morgan fingerprint density at radius 1 is 1.20 bits per heavy atom. The van der Waals surface area contributed by atoms with Crippen LogP contribution in [-0.2, 0) is 18.3 Å². The maximum absolute atomic E-state index is 13.4.